The number of nitrogens with zero attached hydrogens (tertiary/aromatic N) is 1. The first-order chi connectivity index (χ1) is 14.5. The average molecular weight is 493 g/mol. The quantitative estimate of drug-likeness (QED) is 0.669. The number of ether oxygens (including phenoxy) is 1. The number of carbonyl (C=O) groups is 3. The molecule has 0 spiro atoms. The van der Waals surface area contributed by atoms with Crippen LogP contribution in [0.5, 0.6) is 5.75 Å². The number of ketones is 1. The van der Waals surface area contributed by atoms with Crippen LogP contribution < -0.4 is 5.32 Å². The fourth-order valence-electron chi connectivity index (χ4n) is 4.14. The maximum atomic E-state index is 13.5. The van der Waals surface area contributed by atoms with Crippen LogP contribution in [0, 0.1) is 0 Å². The molecule has 2 aliphatic rings. The highest BCUT2D eigenvalue weighted by Crippen LogP contribution is 2.27. The zero-order valence-corrected chi connectivity index (χ0v) is 19.5. The second-order valence-corrected chi connectivity index (χ2v) is 7.70. The Labute approximate surface area is 208 Å². The fraction of sp³-hybridized carbons (Fsp3) is 0.375. The lowest BCUT2D eigenvalue weighted by molar-refractivity contribution is -0.142. The second kappa shape index (κ2) is 12.7. The lowest BCUT2D eigenvalue weighted by Gasteiger charge is -2.37. The summed E-state index contributed by atoms with van der Waals surface area (Å²) in [5.41, 5.74) is 1.25. The van der Waals surface area contributed by atoms with Gasteiger partial charge in [0.05, 0.1) is 6.10 Å². The van der Waals surface area contributed by atoms with Crippen LogP contribution in [0.15, 0.2) is 54.6 Å². The van der Waals surface area contributed by atoms with Crippen LogP contribution in [0.4, 0.5) is 0 Å². The summed E-state index contributed by atoms with van der Waals surface area (Å²) in [7, 11) is 0. The number of benzene rings is 2. The SMILES string of the molecule is C.O=C(N[C@@H](Cc1ccc(O)cc1)C(=O)N1CCC[C@@H]2OCC(=O)[C@@H]21)c1ccccc1.S.S. The van der Waals surface area contributed by atoms with Crippen molar-refractivity contribution in [3.63, 3.8) is 0 Å². The molecular weight excluding hydrogens is 460 g/mol. The van der Waals surface area contributed by atoms with Gasteiger partial charge < -0.3 is 20.1 Å². The van der Waals surface area contributed by atoms with E-state index in [1.807, 2.05) is 6.07 Å². The van der Waals surface area contributed by atoms with E-state index in [1.54, 1.807) is 53.4 Å². The molecule has 0 saturated carbocycles. The Morgan fingerprint density at radius 3 is 2.42 bits per heavy atom. The molecule has 3 atom stereocenters. The van der Waals surface area contributed by atoms with Gasteiger partial charge in [-0.3, -0.25) is 14.4 Å². The number of likely N-dealkylation sites (tertiary alicyclic amines) is 1. The van der Waals surface area contributed by atoms with Crippen molar-refractivity contribution >= 4 is 44.6 Å². The standard InChI is InChI=1S/C23H24N2O5.CH4.2H2S/c26-17-10-8-15(9-11-17)13-18(24-22(28)16-5-2-1-3-6-16)23(29)25-12-4-7-20-21(25)19(27)14-30-20;;;/h1-3,5-6,8-11,18,20-21,26H,4,7,12-14H2,(H,24,28);1H4;2*1H2/t18-,20-,21-;;;/m0.../s1. The molecule has 0 bridgehead atoms. The number of Topliss-reactive ketones (excluding diaryl/α,β-unsaturated/α-hetero) is 1. The zero-order valence-electron chi connectivity index (χ0n) is 17.5. The summed E-state index contributed by atoms with van der Waals surface area (Å²) in [4.78, 5) is 40.2. The molecule has 33 heavy (non-hydrogen) atoms. The van der Waals surface area contributed by atoms with Gasteiger partial charge in [0.1, 0.15) is 24.4 Å². The predicted octanol–water partition coefficient (Wildman–Crippen LogP) is 2.55. The number of hydrogen-bond donors (Lipinski definition) is 2. The lowest BCUT2D eigenvalue weighted by atomic mass is 9.95. The van der Waals surface area contributed by atoms with Gasteiger partial charge in [-0.2, -0.15) is 27.0 Å². The molecular formula is C24H32N2O5S2. The monoisotopic (exact) mass is 492 g/mol. The molecule has 7 nitrogen and oxygen atoms in total. The molecule has 2 heterocycles. The van der Waals surface area contributed by atoms with Crippen molar-refractivity contribution < 1.29 is 24.2 Å². The van der Waals surface area contributed by atoms with E-state index in [9.17, 15) is 19.5 Å². The number of hydrogen-bond acceptors (Lipinski definition) is 5. The highest BCUT2D eigenvalue weighted by Gasteiger charge is 2.45. The maximum Gasteiger partial charge on any atom is 0.251 e. The number of carbonyl (C=O) groups excluding carboxylic acids is 3. The van der Waals surface area contributed by atoms with Crippen LogP contribution >= 0.6 is 27.0 Å². The smallest absolute Gasteiger partial charge is 0.251 e. The fourth-order valence-corrected chi connectivity index (χ4v) is 4.14. The number of amides is 2. The van der Waals surface area contributed by atoms with Crippen molar-refractivity contribution in [3.05, 3.63) is 65.7 Å². The lowest BCUT2D eigenvalue weighted by Crippen LogP contribution is -2.58. The van der Waals surface area contributed by atoms with Crippen molar-refractivity contribution in [2.24, 2.45) is 0 Å². The number of piperidine rings is 1. The first-order valence-corrected chi connectivity index (χ1v) is 10.1. The molecule has 2 fully saturated rings. The molecule has 2 aromatic carbocycles. The molecule has 0 aromatic heterocycles. The number of rotatable bonds is 5. The van der Waals surface area contributed by atoms with Gasteiger partial charge in [0, 0.05) is 18.5 Å². The van der Waals surface area contributed by atoms with Gasteiger partial charge in [-0.1, -0.05) is 37.8 Å². The van der Waals surface area contributed by atoms with Crippen LogP contribution in [0.3, 0.4) is 0 Å². The summed E-state index contributed by atoms with van der Waals surface area (Å²) >= 11 is 0. The van der Waals surface area contributed by atoms with Gasteiger partial charge >= 0.3 is 0 Å². The third kappa shape index (κ3) is 6.52. The molecule has 180 valence electrons. The topological polar surface area (TPSA) is 95.9 Å². The van der Waals surface area contributed by atoms with Crippen LogP contribution in [0.25, 0.3) is 0 Å². The van der Waals surface area contributed by atoms with E-state index in [0.29, 0.717) is 12.1 Å². The maximum absolute atomic E-state index is 13.5. The van der Waals surface area contributed by atoms with E-state index in [1.165, 1.54) is 0 Å². The van der Waals surface area contributed by atoms with Gasteiger partial charge in [0.25, 0.3) is 5.91 Å². The number of phenols is 1. The van der Waals surface area contributed by atoms with E-state index in [-0.39, 0.29) is 76.9 Å². The molecule has 9 heteroatoms. The Balaban J connectivity index is 0.00000181. The Morgan fingerprint density at radius 1 is 1.09 bits per heavy atom. The van der Waals surface area contributed by atoms with Crippen molar-refractivity contribution in [1.82, 2.24) is 10.2 Å². The number of aromatic hydroxyl groups is 1. The van der Waals surface area contributed by atoms with Gasteiger partial charge in [0.2, 0.25) is 5.91 Å². The summed E-state index contributed by atoms with van der Waals surface area (Å²) in [6, 6.07) is 13.8. The van der Waals surface area contributed by atoms with Crippen molar-refractivity contribution in [1.29, 1.82) is 0 Å². The molecule has 4 rings (SSSR count). The summed E-state index contributed by atoms with van der Waals surface area (Å²) in [6.45, 7) is 0.487. The van der Waals surface area contributed by atoms with Crippen molar-refractivity contribution in [2.75, 3.05) is 13.2 Å². The normalized spacial score (nSPS) is 19.8. The minimum atomic E-state index is -0.839. The first-order valence-electron chi connectivity index (χ1n) is 10.1. The minimum absolute atomic E-state index is 0. The van der Waals surface area contributed by atoms with E-state index < -0.39 is 12.1 Å². The minimum Gasteiger partial charge on any atom is -0.508 e. The van der Waals surface area contributed by atoms with Gasteiger partial charge in [-0.15, -0.1) is 0 Å². The van der Waals surface area contributed by atoms with Gasteiger partial charge in [-0.25, -0.2) is 0 Å². The predicted molar refractivity (Wildman–Crippen MR) is 136 cm³/mol. The van der Waals surface area contributed by atoms with Gasteiger partial charge in [-0.05, 0) is 42.7 Å². The highest BCUT2D eigenvalue weighted by atomic mass is 32.1. The van der Waals surface area contributed by atoms with E-state index >= 15 is 0 Å². The van der Waals surface area contributed by atoms with Crippen LogP contribution in [-0.4, -0.2) is 58.9 Å². The molecule has 2 N–H and O–H groups in total. The second-order valence-electron chi connectivity index (χ2n) is 7.70. The Morgan fingerprint density at radius 2 is 1.76 bits per heavy atom. The summed E-state index contributed by atoms with van der Waals surface area (Å²) in [5, 5.41) is 12.4. The Bertz CT molecular complexity index is 940. The summed E-state index contributed by atoms with van der Waals surface area (Å²) < 4.78 is 5.55. The Kier molecular flexibility index (Phi) is 11.0. The average Bonchev–Trinajstić information content (AvgIpc) is 3.16. The van der Waals surface area contributed by atoms with Crippen LogP contribution in [0.1, 0.15) is 36.2 Å². The Hall–Kier alpha value is -2.49. The highest BCUT2D eigenvalue weighted by molar-refractivity contribution is 7.59. The largest absolute Gasteiger partial charge is 0.508 e. The molecule has 0 radical (unpaired) electrons. The molecule has 0 unspecified atom stereocenters. The zero-order chi connectivity index (χ0) is 21.1. The summed E-state index contributed by atoms with van der Waals surface area (Å²) in [5.74, 6) is -0.607. The third-order valence-corrected chi connectivity index (χ3v) is 5.64. The van der Waals surface area contributed by atoms with E-state index in [2.05, 4.69) is 5.32 Å². The van der Waals surface area contributed by atoms with Crippen molar-refractivity contribution in [3.8, 4) is 5.75 Å². The van der Waals surface area contributed by atoms with E-state index in [0.717, 1.165) is 18.4 Å². The van der Waals surface area contributed by atoms with Crippen LogP contribution in [-0.2, 0) is 20.7 Å². The molecule has 2 amide bonds. The number of phenolic OH excluding ortho intramolecular Hbond substituents is 1. The van der Waals surface area contributed by atoms with Crippen molar-refractivity contribution in [2.45, 2.75) is 44.9 Å². The first kappa shape index (κ1) is 28.5. The number of nitrogens with one attached hydrogen (secondary N) is 1. The van der Waals surface area contributed by atoms with E-state index in [4.69, 9.17) is 4.74 Å². The third-order valence-electron chi connectivity index (χ3n) is 5.64. The summed E-state index contributed by atoms with van der Waals surface area (Å²) in [6.07, 6.45) is 1.48. The molecule has 2 aromatic rings. The molecule has 2 aliphatic heterocycles. The van der Waals surface area contributed by atoms with Gasteiger partial charge in [0.15, 0.2) is 5.78 Å². The van der Waals surface area contributed by atoms with Crippen LogP contribution in [0.2, 0.25) is 0 Å². The molecule has 0 aliphatic carbocycles. The molecule has 2 saturated heterocycles. The number of fused-ring (bicyclic) bond motifs is 1.